The van der Waals surface area contributed by atoms with Gasteiger partial charge in [-0.15, -0.1) is 11.8 Å². The Morgan fingerprint density at radius 3 is 2.50 bits per heavy atom. The van der Waals surface area contributed by atoms with Gasteiger partial charge in [0.25, 0.3) is 0 Å². The molecule has 0 atom stereocenters. The third kappa shape index (κ3) is 5.00. The number of phenols is 1. The number of unbranched alkanes of at least 4 members (excludes halogenated alkanes) is 2. The molecule has 0 saturated heterocycles. The molecule has 0 bridgehead atoms. The zero-order valence-corrected chi connectivity index (χ0v) is 15.1. The molecule has 2 nitrogen and oxygen atoms in total. The van der Waals surface area contributed by atoms with Gasteiger partial charge in [0.2, 0.25) is 0 Å². The van der Waals surface area contributed by atoms with Crippen LogP contribution in [0.3, 0.4) is 0 Å². The van der Waals surface area contributed by atoms with Crippen LogP contribution in [0.25, 0.3) is 11.6 Å². The lowest BCUT2D eigenvalue weighted by Gasteiger charge is -2.07. The van der Waals surface area contributed by atoms with Gasteiger partial charge in [0, 0.05) is 10.5 Å². The molecule has 0 aliphatic carbocycles. The fraction of sp³-hybridized carbons (Fsp3) is 0.286. The normalized spacial score (nSPS) is 11.5. The van der Waals surface area contributed by atoms with E-state index in [4.69, 9.17) is 0 Å². The maximum Gasteiger partial charge on any atom is 0.150 e. The lowest BCUT2D eigenvalue weighted by Crippen LogP contribution is -1.90. The molecule has 24 heavy (non-hydrogen) atoms. The second-order valence-corrected chi connectivity index (χ2v) is 6.65. The molecule has 0 aromatic heterocycles. The number of carbonyl (C=O) groups excluding carboxylic acids is 1. The molecule has 0 aliphatic heterocycles. The fourth-order valence-electron chi connectivity index (χ4n) is 2.61. The summed E-state index contributed by atoms with van der Waals surface area (Å²) in [5, 5.41) is 9.59. The van der Waals surface area contributed by atoms with Gasteiger partial charge in [-0.3, -0.25) is 4.79 Å². The van der Waals surface area contributed by atoms with Crippen molar-refractivity contribution < 1.29 is 9.90 Å². The monoisotopic (exact) mass is 340 g/mol. The third-order valence-electron chi connectivity index (χ3n) is 4.01. The van der Waals surface area contributed by atoms with E-state index in [1.807, 2.05) is 30.5 Å². The van der Waals surface area contributed by atoms with E-state index in [1.165, 1.54) is 24.8 Å². The topological polar surface area (TPSA) is 37.3 Å². The summed E-state index contributed by atoms with van der Waals surface area (Å²) < 4.78 is 0. The zero-order chi connectivity index (χ0) is 17.4. The van der Waals surface area contributed by atoms with Crippen molar-refractivity contribution in [2.24, 2.45) is 0 Å². The molecule has 0 aliphatic rings. The van der Waals surface area contributed by atoms with Gasteiger partial charge < -0.3 is 5.11 Å². The summed E-state index contributed by atoms with van der Waals surface area (Å²) in [6.07, 6.45) is 9.49. The van der Waals surface area contributed by atoms with E-state index >= 15 is 0 Å². The van der Waals surface area contributed by atoms with Crippen LogP contribution in [0.1, 0.15) is 42.9 Å². The molecule has 3 heteroatoms. The van der Waals surface area contributed by atoms with Gasteiger partial charge in [0.05, 0.1) is 0 Å². The van der Waals surface area contributed by atoms with Gasteiger partial charge in [-0.1, -0.05) is 50.1 Å². The fourth-order valence-corrected chi connectivity index (χ4v) is 3.22. The highest BCUT2D eigenvalue weighted by molar-refractivity contribution is 7.98. The predicted octanol–water partition coefficient (Wildman–Crippen LogP) is 5.59. The molecule has 1 N–H and O–H groups in total. The van der Waals surface area contributed by atoms with Crippen LogP contribution in [0, 0.1) is 0 Å². The summed E-state index contributed by atoms with van der Waals surface area (Å²) in [5.41, 5.74) is 3.82. The lowest BCUT2D eigenvalue weighted by atomic mass is 10.0. The summed E-state index contributed by atoms with van der Waals surface area (Å²) in [5.74, 6) is 0.237. The highest BCUT2D eigenvalue weighted by Crippen LogP contribution is 2.28. The predicted molar refractivity (Wildman–Crippen MR) is 103 cm³/mol. The number of aldehydes is 1. The minimum absolute atomic E-state index is 0.237. The number of phenolic OH excluding ortho intramolecular Hbond substituents is 1. The molecular formula is C21H24O2S. The van der Waals surface area contributed by atoms with Crippen molar-refractivity contribution in [2.75, 3.05) is 6.26 Å². The number of hydrogen-bond donors (Lipinski definition) is 1. The molecule has 0 spiro atoms. The van der Waals surface area contributed by atoms with Crippen LogP contribution >= 0.6 is 11.8 Å². The Bertz CT molecular complexity index is 702. The first kappa shape index (κ1) is 18.3. The number of hydrogen-bond acceptors (Lipinski definition) is 3. The summed E-state index contributed by atoms with van der Waals surface area (Å²) in [6, 6.07) is 13.4. The van der Waals surface area contributed by atoms with E-state index in [0.29, 0.717) is 5.57 Å². The van der Waals surface area contributed by atoms with Gasteiger partial charge >= 0.3 is 0 Å². The van der Waals surface area contributed by atoms with Crippen LogP contribution < -0.4 is 0 Å². The van der Waals surface area contributed by atoms with Gasteiger partial charge in [-0.25, -0.2) is 0 Å². The highest BCUT2D eigenvalue weighted by atomic mass is 32.2. The van der Waals surface area contributed by atoms with Crippen LogP contribution in [0.4, 0.5) is 0 Å². The van der Waals surface area contributed by atoms with Gasteiger partial charge in [-0.05, 0) is 54.0 Å². The number of benzene rings is 2. The summed E-state index contributed by atoms with van der Waals surface area (Å²) in [7, 11) is 0. The Morgan fingerprint density at radius 1 is 1.12 bits per heavy atom. The number of thioether (sulfide) groups is 1. The van der Waals surface area contributed by atoms with E-state index in [0.717, 1.165) is 28.7 Å². The average molecular weight is 340 g/mol. The molecule has 2 aromatic carbocycles. The van der Waals surface area contributed by atoms with Crippen molar-refractivity contribution in [3.05, 3.63) is 59.2 Å². The second-order valence-electron chi connectivity index (χ2n) is 5.80. The quantitative estimate of drug-likeness (QED) is 0.224. The number of carbonyl (C=O) groups is 1. The van der Waals surface area contributed by atoms with Crippen molar-refractivity contribution >= 4 is 29.7 Å². The van der Waals surface area contributed by atoms with Crippen LogP contribution in [-0.4, -0.2) is 17.6 Å². The summed E-state index contributed by atoms with van der Waals surface area (Å²) in [6.45, 7) is 2.20. The highest BCUT2D eigenvalue weighted by Gasteiger charge is 2.05. The van der Waals surface area contributed by atoms with Crippen molar-refractivity contribution in [3.63, 3.8) is 0 Å². The first-order valence-corrected chi connectivity index (χ1v) is 9.53. The lowest BCUT2D eigenvalue weighted by molar-refractivity contribution is -0.103. The van der Waals surface area contributed by atoms with Crippen LogP contribution in [0.15, 0.2) is 47.4 Å². The van der Waals surface area contributed by atoms with E-state index in [1.54, 1.807) is 23.9 Å². The minimum Gasteiger partial charge on any atom is -0.508 e. The Kier molecular flexibility index (Phi) is 7.13. The third-order valence-corrected chi connectivity index (χ3v) is 4.80. The number of allylic oxidation sites excluding steroid dienone is 1. The minimum atomic E-state index is 0.237. The van der Waals surface area contributed by atoms with E-state index in [9.17, 15) is 9.90 Å². The van der Waals surface area contributed by atoms with Crippen LogP contribution in [0.5, 0.6) is 5.75 Å². The Morgan fingerprint density at radius 2 is 1.88 bits per heavy atom. The Hall–Kier alpha value is -2.00. The maximum absolute atomic E-state index is 11.5. The molecule has 2 aromatic rings. The number of aryl methyl sites for hydroxylation is 1. The van der Waals surface area contributed by atoms with E-state index in [2.05, 4.69) is 19.1 Å². The zero-order valence-electron chi connectivity index (χ0n) is 14.3. The van der Waals surface area contributed by atoms with Crippen molar-refractivity contribution in [2.45, 2.75) is 37.5 Å². The molecule has 2 rings (SSSR count). The molecule has 126 valence electrons. The van der Waals surface area contributed by atoms with E-state index in [-0.39, 0.29) is 5.75 Å². The van der Waals surface area contributed by atoms with Crippen LogP contribution in [0.2, 0.25) is 0 Å². The molecule has 0 heterocycles. The smallest absolute Gasteiger partial charge is 0.150 e. The van der Waals surface area contributed by atoms with Gasteiger partial charge in [-0.2, -0.15) is 0 Å². The summed E-state index contributed by atoms with van der Waals surface area (Å²) in [4.78, 5) is 12.5. The van der Waals surface area contributed by atoms with Crippen molar-refractivity contribution in [1.29, 1.82) is 0 Å². The standard InChI is InChI=1S/C21H24O2S/c1-3-4-5-6-16-7-9-17(10-8-16)19(15-22)13-18-11-12-20(23)14-21(18)24-2/h7-15,23H,3-6H2,1-2H3/b19-13+. The first-order chi connectivity index (χ1) is 11.7. The molecular weight excluding hydrogens is 316 g/mol. The van der Waals surface area contributed by atoms with Crippen LogP contribution in [-0.2, 0) is 11.2 Å². The molecule has 0 saturated carbocycles. The number of rotatable bonds is 8. The van der Waals surface area contributed by atoms with Gasteiger partial charge in [0.15, 0.2) is 6.29 Å². The largest absolute Gasteiger partial charge is 0.508 e. The van der Waals surface area contributed by atoms with E-state index < -0.39 is 0 Å². The molecule has 0 radical (unpaired) electrons. The molecule has 0 amide bonds. The SMILES string of the molecule is CCCCCc1ccc(/C(C=O)=C/c2ccc(O)cc2SC)cc1. The Balaban J connectivity index is 2.23. The maximum atomic E-state index is 11.5. The number of aromatic hydroxyl groups is 1. The second kappa shape index (κ2) is 9.33. The Labute approximate surface area is 148 Å². The van der Waals surface area contributed by atoms with Gasteiger partial charge in [0.1, 0.15) is 5.75 Å². The van der Waals surface area contributed by atoms with Crippen molar-refractivity contribution in [3.8, 4) is 5.75 Å². The summed E-state index contributed by atoms with van der Waals surface area (Å²) >= 11 is 1.55. The average Bonchev–Trinajstić information content (AvgIpc) is 2.61. The van der Waals surface area contributed by atoms with Crippen molar-refractivity contribution in [1.82, 2.24) is 0 Å². The molecule has 0 unspecified atom stereocenters. The molecule has 0 fully saturated rings. The first-order valence-electron chi connectivity index (χ1n) is 8.31.